The number of aryl methyl sites for hydroxylation is 1. The van der Waals surface area contributed by atoms with Gasteiger partial charge in [0, 0.05) is 13.1 Å². The lowest BCUT2D eigenvalue weighted by Gasteiger charge is -2.32. The van der Waals surface area contributed by atoms with Crippen LogP contribution < -0.4 is 9.62 Å². The van der Waals surface area contributed by atoms with Gasteiger partial charge in [0.2, 0.25) is 21.8 Å². The zero-order chi connectivity index (χ0) is 23.7. The molecule has 2 aromatic carbocycles. The van der Waals surface area contributed by atoms with Crippen molar-refractivity contribution in [3.05, 3.63) is 65.7 Å². The van der Waals surface area contributed by atoms with Crippen molar-refractivity contribution < 1.29 is 18.0 Å². The van der Waals surface area contributed by atoms with Crippen LogP contribution in [0.4, 0.5) is 5.69 Å². The van der Waals surface area contributed by atoms with E-state index in [1.165, 1.54) is 4.90 Å². The fourth-order valence-corrected chi connectivity index (χ4v) is 4.24. The molecule has 0 bridgehead atoms. The first-order valence-electron chi connectivity index (χ1n) is 10.8. The summed E-state index contributed by atoms with van der Waals surface area (Å²) in [6, 6.07) is 15.6. The van der Waals surface area contributed by atoms with E-state index in [2.05, 4.69) is 5.32 Å². The van der Waals surface area contributed by atoms with Crippen molar-refractivity contribution in [2.75, 3.05) is 23.7 Å². The molecule has 0 aliphatic rings. The highest BCUT2D eigenvalue weighted by Gasteiger charge is 2.31. The number of rotatable bonds is 11. The lowest BCUT2D eigenvalue weighted by atomic mass is 10.1. The van der Waals surface area contributed by atoms with Gasteiger partial charge in [0.05, 0.1) is 11.9 Å². The predicted molar refractivity (Wildman–Crippen MR) is 128 cm³/mol. The number of anilines is 1. The molecule has 0 spiro atoms. The van der Waals surface area contributed by atoms with Crippen LogP contribution in [0.3, 0.4) is 0 Å². The van der Waals surface area contributed by atoms with E-state index in [1.54, 1.807) is 24.3 Å². The molecule has 0 aliphatic heterocycles. The Morgan fingerprint density at radius 3 is 2.16 bits per heavy atom. The first-order valence-corrected chi connectivity index (χ1v) is 12.7. The Morgan fingerprint density at radius 1 is 1.00 bits per heavy atom. The number of nitrogens with zero attached hydrogens (tertiary/aromatic N) is 2. The smallest absolute Gasteiger partial charge is 0.244 e. The number of carbonyl (C=O) groups excluding carboxylic acids is 2. The van der Waals surface area contributed by atoms with Gasteiger partial charge in [0.15, 0.2) is 0 Å². The lowest BCUT2D eigenvalue weighted by molar-refractivity contribution is -0.140. The molecule has 2 amide bonds. The van der Waals surface area contributed by atoms with Gasteiger partial charge in [-0.25, -0.2) is 8.42 Å². The number of nitrogens with one attached hydrogen (secondary N) is 1. The summed E-state index contributed by atoms with van der Waals surface area (Å²) >= 11 is 0. The summed E-state index contributed by atoms with van der Waals surface area (Å²) in [5, 5.41) is 2.86. The van der Waals surface area contributed by atoms with E-state index in [-0.39, 0.29) is 19.0 Å². The Labute approximate surface area is 191 Å². The summed E-state index contributed by atoms with van der Waals surface area (Å²) in [5.41, 5.74) is 2.26. The normalized spacial score (nSPS) is 12.1. The molecule has 7 nitrogen and oxygen atoms in total. The van der Waals surface area contributed by atoms with Crippen molar-refractivity contribution in [2.24, 2.45) is 0 Å². The van der Waals surface area contributed by atoms with Gasteiger partial charge in [-0.15, -0.1) is 0 Å². The van der Waals surface area contributed by atoms with E-state index in [0.29, 0.717) is 18.7 Å². The van der Waals surface area contributed by atoms with Crippen molar-refractivity contribution in [1.29, 1.82) is 0 Å². The molecule has 8 heteroatoms. The number of benzene rings is 2. The molecule has 0 saturated carbocycles. The van der Waals surface area contributed by atoms with Crippen molar-refractivity contribution >= 4 is 27.5 Å². The summed E-state index contributed by atoms with van der Waals surface area (Å²) < 4.78 is 26.1. The molecule has 2 aromatic rings. The maximum Gasteiger partial charge on any atom is 0.244 e. The largest absolute Gasteiger partial charge is 0.354 e. The van der Waals surface area contributed by atoms with Crippen LogP contribution in [0.25, 0.3) is 0 Å². The standard InChI is InChI=1S/C24H33N3O4S/c1-5-16-25-24(29)22(6-2)26(17-20-10-8-7-9-11-20)23(28)18-27(32(4,30)31)21-14-12-19(3)13-15-21/h7-15,22H,5-6,16-18H2,1-4H3,(H,25,29)/t22-/m1/s1. The maximum absolute atomic E-state index is 13.5. The monoisotopic (exact) mass is 459 g/mol. The van der Waals surface area contributed by atoms with E-state index in [1.807, 2.05) is 51.1 Å². The quantitative estimate of drug-likeness (QED) is 0.559. The Bertz CT molecular complexity index is 992. The lowest BCUT2D eigenvalue weighted by Crippen LogP contribution is -2.52. The van der Waals surface area contributed by atoms with Crippen LogP contribution in [-0.2, 0) is 26.2 Å². The molecule has 0 heterocycles. The molecule has 0 unspecified atom stereocenters. The topological polar surface area (TPSA) is 86.8 Å². The summed E-state index contributed by atoms with van der Waals surface area (Å²) in [5.74, 6) is -0.668. The van der Waals surface area contributed by atoms with Crippen molar-refractivity contribution in [1.82, 2.24) is 10.2 Å². The van der Waals surface area contributed by atoms with Crippen LogP contribution in [0, 0.1) is 6.92 Å². The zero-order valence-electron chi connectivity index (χ0n) is 19.2. The summed E-state index contributed by atoms with van der Waals surface area (Å²) in [7, 11) is -3.71. The molecule has 1 atom stereocenters. The second-order valence-electron chi connectivity index (χ2n) is 7.83. The average Bonchev–Trinajstić information content (AvgIpc) is 2.76. The molecular formula is C24H33N3O4S. The number of amides is 2. The van der Waals surface area contributed by atoms with Crippen molar-refractivity contribution in [3.8, 4) is 0 Å². The van der Waals surface area contributed by atoms with Gasteiger partial charge in [-0.1, -0.05) is 61.9 Å². The van der Waals surface area contributed by atoms with Gasteiger partial charge >= 0.3 is 0 Å². The molecule has 0 radical (unpaired) electrons. The molecular weight excluding hydrogens is 426 g/mol. The van der Waals surface area contributed by atoms with Gasteiger partial charge in [-0.3, -0.25) is 13.9 Å². The fraction of sp³-hybridized carbons (Fsp3) is 0.417. The van der Waals surface area contributed by atoms with Gasteiger partial charge in [-0.2, -0.15) is 0 Å². The van der Waals surface area contributed by atoms with Crippen molar-refractivity contribution in [2.45, 2.75) is 46.2 Å². The molecule has 0 saturated heterocycles. The summed E-state index contributed by atoms with van der Waals surface area (Å²) in [4.78, 5) is 27.8. The highest BCUT2D eigenvalue weighted by molar-refractivity contribution is 7.92. The molecule has 174 valence electrons. The maximum atomic E-state index is 13.5. The van der Waals surface area contributed by atoms with Gasteiger partial charge in [0.25, 0.3) is 0 Å². The molecule has 0 aliphatic carbocycles. The minimum absolute atomic E-state index is 0.212. The Balaban J connectivity index is 2.38. The average molecular weight is 460 g/mol. The van der Waals surface area contributed by atoms with E-state index < -0.39 is 22.0 Å². The van der Waals surface area contributed by atoms with Crippen LogP contribution in [-0.4, -0.2) is 50.5 Å². The first-order chi connectivity index (χ1) is 15.2. The Hall–Kier alpha value is -2.87. The molecule has 1 N–H and O–H groups in total. The third-order valence-electron chi connectivity index (χ3n) is 5.13. The minimum atomic E-state index is -3.71. The van der Waals surface area contributed by atoms with Crippen molar-refractivity contribution in [3.63, 3.8) is 0 Å². The number of hydrogen-bond donors (Lipinski definition) is 1. The van der Waals surface area contributed by atoms with E-state index in [0.717, 1.165) is 28.1 Å². The van der Waals surface area contributed by atoms with Gasteiger partial charge in [-0.05, 0) is 37.5 Å². The number of sulfonamides is 1. The van der Waals surface area contributed by atoms with Gasteiger partial charge in [0.1, 0.15) is 12.6 Å². The second-order valence-corrected chi connectivity index (χ2v) is 9.73. The van der Waals surface area contributed by atoms with E-state index in [9.17, 15) is 18.0 Å². The molecule has 32 heavy (non-hydrogen) atoms. The van der Waals surface area contributed by atoms with Crippen LogP contribution in [0.5, 0.6) is 0 Å². The van der Waals surface area contributed by atoms with Crippen LogP contribution in [0.2, 0.25) is 0 Å². The molecule has 2 rings (SSSR count). The highest BCUT2D eigenvalue weighted by Crippen LogP contribution is 2.20. The third-order valence-corrected chi connectivity index (χ3v) is 6.27. The predicted octanol–water partition coefficient (Wildman–Crippen LogP) is 3.09. The SMILES string of the molecule is CCCNC(=O)[C@@H](CC)N(Cc1ccccc1)C(=O)CN(c1ccc(C)cc1)S(C)(=O)=O. The third kappa shape index (κ3) is 7.09. The number of carbonyl (C=O) groups is 2. The number of hydrogen-bond acceptors (Lipinski definition) is 4. The molecule has 0 aromatic heterocycles. The van der Waals surface area contributed by atoms with Crippen LogP contribution in [0.15, 0.2) is 54.6 Å². The first kappa shape index (κ1) is 25.4. The minimum Gasteiger partial charge on any atom is -0.354 e. The zero-order valence-corrected chi connectivity index (χ0v) is 20.1. The van der Waals surface area contributed by atoms with E-state index in [4.69, 9.17) is 0 Å². The van der Waals surface area contributed by atoms with Gasteiger partial charge < -0.3 is 10.2 Å². The van der Waals surface area contributed by atoms with E-state index >= 15 is 0 Å². The summed E-state index contributed by atoms with van der Waals surface area (Å²) in [6.07, 6.45) is 2.27. The van der Waals surface area contributed by atoms with Crippen LogP contribution in [0.1, 0.15) is 37.8 Å². The fourth-order valence-electron chi connectivity index (χ4n) is 3.39. The Morgan fingerprint density at radius 2 is 1.62 bits per heavy atom. The molecule has 0 fully saturated rings. The second kappa shape index (κ2) is 11.7. The summed E-state index contributed by atoms with van der Waals surface area (Å²) in [6.45, 7) is 6.05. The highest BCUT2D eigenvalue weighted by atomic mass is 32.2. The van der Waals surface area contributed by atoms with Crippen LogP contribution >= 0.6 is 0 Å². The Kier molecular flexibility index (Phi) is 9.26.